The Hall–Kier alpha value is -7.16. The van der Waals surface area contributed by atoms with Gasteiger partial charge in [0.2, 0.25) is 23.7 Å². The first-order valence-electron chi connectivity index (χ1n) is 21.2. The Morgan fingerprint density at radius 1 is 0.873 bits per heavy atom. The summed E-state index contributed by atoms with van der Waals surface area (Å²) in [5, 5.41) is 9.19. The van der Waals surface area contributed by atoms with E-state index in [4.69, 9.17) is 5.73 Å². The molecule has 7 rings (SSSR count). The zero-order valence-electron chi connectivity index (χ0n) is 36.5. The van der Waals surface area contributed by atoms with Gasteiger partial charge in [-0.1, -0.05) is 80.6 Å². The number of carbonyl (C=O) groups excluding carboxylic acids is 5. The van der Waals surface area contributed by atoms with Crippen molar-refractivity contribution in [2.75, 3.05) is 28.7 Å². The normalized spacial score (nSPS) is 17.4. The maximum absolute atomic E-state index is 15.0. The molecule has 4 heterocycles. The van der Waals surface area contributed by atoms with Gasteiger partial charge in [0.15, 0.2) is 0 Å². The van der Waals surface area contributed by atoms with E-state index < -0.39 is 35.2 Å². The van der Waals surface area contributed by atoms with Crippen molar-refractivity contribution in [3.05, 3.63) is 137 Å². The summed E-state index contributed by atoms with van der Waals surface area (Å²) in [5.74, 6) is -2.86. The Morgan fingerprint density at radius 3 is 2.25 bits per heavy atom. The summed E-state index contributed by atoms with van der Waals surface area (Å²) in [7, 11) is 1.63. The average molecular weight is 851 g/mol. The fraction of sp³-hybridized carbons (Fsp3) is 0.333. The maximum Gasteiger partial charge on any atom is 0.330 e. The maximum atomic E-state index is 15.0. The van der Waals surface area contributed by atoms with E-state index in [9.17, 15) is 19.2 Å². The van der Waals surface area contributed by atoms with Crippen molar-refractivity contribution in [3.8, 4) is 0 Å². The highest BCUT2D eigenvalue weighted by Crippen LogP contribution is 2.41. The second-order valence-electron chi connectivity index (χ2n) is 16.7. The molecule has 0 saturated carbocycles. The molecule has 2 aliphatic heterocycles. The van der Waals surface area contributed by atoms with Gasteiger partial charge < -0.3 is 26.6 Å². The quantitative estimate of drug-likeness (QED) is 0.101. The summed E-state index contributed by atoms with van der Waals surface area (Å²) in [6, 6.07) is 25.6. The van der Waals surface area contributed by atoms with Gasteiger partial charge in [-0.05, 0) is 80.5 Å². The van der Waals surface area contributed by atoms with Crippen molar-refractivity contribution in [2.45, 2.75) is 78.0 Å². The summed E-state index contributed by atoms with van der Waals surface area (Å²) < 4.78 is 0. The summed E-state index contributed by atoms with van der Waals surface area (Å²) in [6.07, 6.45) is 4.06. The molecule has 0 radical (unpaired) electrons. The predicted molar refractivity (Wildman–Crippen MR) is 241 cm³/mol. The van der Waals surface area contributed by atoms with E-state index >= 15 is 4.79 Å². The lowest BCUT2D eigenvalue weighted by Gasteiger charge is -2.44. The van der Waals surface area contributed by atoms with Crippen molar-refractivity contribution >= 4 is 52.8 Å². The van der Waals surface area contributed by atoms with Crippen LogP contribution in [-0.2, 0) is 27.3 Å². The number of nitrogens with two attached hydrogens (primary N) is 1. The number of primary amides is 1. The zero-order valence-corrected chi connectivity index (χ0v) is 36.5. The van der Waals surface area contributed by atoms with Gasteiger partial charge in [-0.15, -0.1) is 0 Å². The topological polar surface area (TPSA) is 196 Å². The standard InChI is InChI=1S/C48H54N10O5/c1-29(2)40(43(60)52-32(5)34-16-11-8-12-17-34)48(45(49)62)22-13-23-58(48)44(61)38(24-33-14-9-7-10-15-33)54-42(59)35-20-18-30(3)39(25-35)57-28-36-26-51-46(55-41(36)56(6)47(57)63)53-37-21-19-31(4)50-27-37/h7-12,14-21,25-27,29,32,38,40H,13,22-24,28H2,1-6H3,(H2,49,62)(H,52,60)(H,54,59)(H,51,53,55)/t32-,38+,40-,48?/m1/s1. The van der Waals surface area contributed by atoms with E-state index in [1.54, 1.807) is 42.5 Å². The number of anilines is 4. The van der Waals surface area contributed by atoms with Crippen LogP contribution in [0.2, 0.25) is 0 Å². The highest BCUT2D eigenvalue weighted by molar-refractivity contribution is 6.07. The van der Waals surface area contributed by atoms with Crippen LogP contribution in [0.3, 0.4) is 0 Å². The first-order valence-corrected chi connectivity index (χ1v) is 21.2. The molecule has 2 aliphatic rings. The number of amides is 6. The summed E-state index contributed by atoms with van der Waals surface area (Å²) >= 11 is 0. The number of aryl methyl sites for hydroxylation is 2. The smallest absolute Gasteiger partial charge is 0.330 e. The number of hydrogen-bond acceptors (Lipinski definition) is 9. The first-order chi connectivity index (χ1) is 30.2. The minimum Gasteiger partial charge on any atom is -0.368 e. The minimum absolute atomic E-state index is 0.0997. The van der Waals surface area contributed by atoms with Gasteiger partial charge in [-0.2, -0.15) is 4.98 Å². The number of carbonyl (C=O) groups is 5. The number of hydrogen-bond donors (Lipinski definition) is 4. The van der Waals surface area contributed by atoms with E-state index in [0.29, 0.717) is 35.1 Å². The van der Waals surface area contributed by atoms with Crippen molar-refractivity contribution in [3.63, 3.8) is 0 Å². The molecule has 1 fully saturated rings. The highest BCUT2D eigenvalue weighted by atomic mass is 16.2. The van der Waals surface area contributed by atoms with Crippen LogP contribution >= 0.6 is 0 Å². The third-order valence-electron chi connectivity index (χ3n) is 12.1. The molecule has 6 amide bonds. The number of nitrogens with one attached hydrogen (secondary N) is 3. The molecule has 1 saturated heterocycles. The Labute approximate surface area is 367 Å². The molecule has 15 nitrogen and oxygen atoms in total. The number of rotatable bonds is 14. The van der Waals surface area contributed by atoms with E-state index in [-0.39, 0.29) is 55.4 Å². The van der Waals surface area contributed by atoms with E-state index in [0.717, 1.165) is 22.4 Å². The number of fused-ring (bicyclic) bond motifs is 1. The predicted octanol–water partition coefficient (Wildman–Crippen LogP) is 6.15. The third kappa shape index (κ3) is 9.08. The fourth-order valence-corrected chi connectivity index (χ4v) is 8.83. The molecule has 0 aliphatic carbocycles. The van der Waals surface area contributed by atoms with Crippen LogP contribution in [0.1, 0.15) is 78.0 Å². The molecule has 0 bridgehead atoms. The molecule has 3 aromatic carbocycles. The number of pyridine rings is 1. The number of nitrogens with zero attached hydrogens (tertiary/aromatic N) is 6. The Balaban J connectivity index is 1.15. The second kappa shape index (κ2) is 18.4. The Kier molecular flexibility index (Phi) is 12.9. The van der Waals surface area contributed by atoms with Crippen molar-refractivity contribution in [2.24, 2.45) is 17.6 Å². The molecule has 5 N–H and O–H groups in total. The van der Waals surface area contributed by atoms with E-state index in [1.165, 1.54) is 9.80 Å². The molecule has 0 spiro atoms. The molecular weight excluding hydrogens is 797 g/mol. The largest absolute Gasteiger partial charge is 0.368 e. The monoisotopic (exact) mass is 850 g/mol. The van der Waals surface area contributed by atoms with E-state index in [1.807, 2.05) is 107 Å². The summed E-state index contributed by atoms with van der Waals surface area (Å²) in [4.78, 5) is 89.4. The molecule has 326 valence electrons. The van der Waals surface area contributed by atoms with Gasteiger partial charge in [0, 0.05) is 48.7 Å². The zero-order chi connectivity index (χ0) is 45.0. The van der Waals surface area contributed by atoms with Gasteiger partial charge >= 0.3 is 6.03 Å². The molecule has 1 unspecified atom stereocenters. The number of likely N-dealkylation sites (tertiary alicyclic amines) is 1. The number of urea groups is 1. The lowest BCUT2D eigenvalue weighted by atomic mass is 9.73. The van der Waals surface area contributed by atoms with Crippen LogP contribution in [0, 0.1) is 25.7 Å². The molecule has 63 heavy (non-hydrogen) atoms. The fourth-order valence-electron chi connectivity index (χ4n) is 8.83. The van der Waals surface area contributed by atoms with Crippen LogP contribution in [-0.4, -0.2) is 74.7 Å². The van der Waals surface area contributed by atoms with Crippen LogP contribution in [0.4, 0.5) is 27.9 Å². The van der Waals surface area contributed by atoms with Gasteiger partial charge in [0.05, 0.1) is 30.4 Å². The Morgan fingerprint density at radius 2 is 1.59 bits per heavy atom. The molecule has 15 heteroatoms. The molecule has 5 aromatic rings. The first kappa shape index (κ1) is 43.9. The second-order valence-corrected chi connectivity index (χ2v) is 16.7. The van der Waals surface area contributed by atoms with Crippen molar-refractivity contribution in [1.29, 1.82) is 0 Å². The number of benzene rings is 3. The lowest BCUT2D eigenvalue weighted by Crippen LogP contribution is -2.67. The Bertz CT molecular complexity index is 2500. The van der Waals surface area contributed by atoms with Gasteiger partial charge in [0.25, 0.3) is 5.91 Å². The molecule has 2 aromatic heterocycles. The highest BCUT2D eigenvalue weighted by Gasteiger charge is 2.58. The van der Waals surface area contributed by atoms with Crippen LogP contribution in [0.25, 0.3) is 0 Å². The van der Waals surface area contributed by atoms with Gasteiger partial charge in [-0.3, -0.25) is 34.0 Å². The summed E-state index contributed by atoms with van der Waals surface area (Å²) in [6.45, 7) is 9.61. The SMILES string of the molecule is Cc1ccc(Nc2ncc3c(n2)N(C)C(=O)N(c2cc(C(=O)N[C@@H](Cc4ccccc4)C(=O)N4CCCC4(C(N)=O)[C@@H](C(=O)N[C@H](C)c4ccccc4)C(C)C)ccc2C)C3)cn1. The van der Waals surface area contributed by atoms with Crippen molar-refractivity contribution in [1.82, 2.24) is 30.5 Å². The molecular formula is C48H54N10O5. The summed E-state index contributed by atoms with van der Waals surface area (Å²) in [5.41, 5.74) is 9.99. The lowest BCUT2D eigenvalue weighted by molar-refractivity contribution is -0.154. The minimum atomic E-state index is -1.65. The number of aromatic nitrogens is 3. The van der Waals surface area contributed by atoms with Gasteiger partial charge in [-0.25, -0.2) is 9.78 Å². The van der Waals surface area contributed by atoms with Crippen LogP contribution in [0.5, 0.6) is 0 Å². The van der Waals surface area contributed by atoms with Gasteiger partial charge in [0.1, 0.15) is 17.4 Å². The molecule has 4 atom stereocenters. The van der Waals surface area contributed by atoms with Crippen LogP contribution < -0.4 is 31.5 Å². The van der Waals surface area contributed by atoms with Crippen molar-refractivity contribution < 1.29 is 24.0 Å². The average Bonchev–Trinajstić information content (AvgIpc) is 3.72. The van der Waals surface area contributed by atoms with E-state index in [2.05, 4.69) is 30.9 Å². The van der Waals surface area contributed by atoms with Crippen LogP contribution in [0.15, 0.2) is 103 Å². The third-order valence-corrected chi connectivity index (χ3v) is 12.1.